The van der Waals surface area contributed by atoms with Crippen LogP contribution in [0.3, 0.4) is 0 Å². The molecule has 0 aliphatic rings. The van der Waals surface area contributed by atoms with Gasteiger partial charge in [-0.1, -0.05) is 13.0 Å². The Balaban J connectivity index is 2.04. The zero-order valence-electron chi connectivity index (χ0n) is 14.6. The zero-order valence-corrected chi connectivity index (χ0v) is 15.4. The standard InChI is InChI=1S/C18H23N3O3S/c1-4-14-5-8-16(19-11-14)12-20-25(23,24)17-9-6-15(7-10-17)18(22)21-13(2)3/h5-11,13,20H,4,12H2,1-3H3,(H,21,22). The van der Waals surface area contributed by atoms with Gasteiger partial charge in [-0.25, -0.2) is 13.1 Å². The number of sulfonamides is 1. The molecule has 0 radical (unpaired) electrons. The smallest absolute Gasteiger partial charge is 0.251 e. The van der Waals surface area contributed by atoms with Crippen molar-refractivity contribution in [2.24, 2.45) is 0 Å². The van der Waals surface area contributed by atoms with E-state index in [0.29, 0.717) is 11.3 Å². The Morgan fingerprint density at radius 2 is 1.80 bits per heavy atom. The first-order valence-corrected chi connectivity index (χ1v) is 9.64. The SMILES string of the molecule is CCc1ccc(CNS(=O)(=O)c2ccc(C(=O)NC(C)C)cc2)nc1. The molecule has 0 aliphatic carbocycles. The van der Waals surface area contributed by atoms with Gasteiger partial charge in [0.2, 0.25) is 10.0 Å². The molecule has 1 aromatic carbocycles. The number of pyridine rings is 1. The summed E-state index contributed by atoms with van der Waals surface area (Å²) < 4.78 is 27.2. The fraction of sp³-hybridized carbons (Fsp3) is 0.333. The Morgan fingerprint density at radius 1 is 1.12 bits per heavy atom. The lowest BCUT2D eigenvalue weighted by Gasteiger charge is -2.10. The van der Waals surface area contributed by atoms with Gasteiger partial charge in [-0.3, -0.25) is 9.78 Å². The summed E-state index contributed by atoms with van der Waals surface area (Å²) in [5, 5.41) is 2.76. The monoisotopic (exact) mass is 361 g/mol. The molecule has 0 saturated carbocycles. The summed E-state index contributed by atoms with van der Waals surface area (Å²) in [5.74, 6) is -0.230. The van der Waals surface area contributed by atoms with Gasteiger partial charge in [0.05, 0.1) is 17.1 Å². The summed E-state index contributed by atoms with van der Waals surface area (Å²) in [6.07, 6.45) is 2.63. The number of carbonyl (C=O) groups excluding carboxylic acids is 1. The molecular weight excluding hydrogens is 338 g/mol. The molecule has 1 aromatic heterocycles. The Hall–Kier alpha value is -2.25. The highest BCUT2D eigenvalue weighted by Crippen LogP contribution is 2.11. The second kappa shape index (κ2) is 8.22. The molecule has 1 amide bonds. The van der Waals surface area contributed by atoms with Crippen LogP contribution in [0, 0.1) is 0 Å². The second-order valence-corrected chi connectivity index (χ2v) is 7.76. The van der Waals surface area contributed by atoms with Gasteiger partial charge in [-0.15, -0.1) is 0 Å². The molecular formula is C18H23N3O3S. The van der Waals surface area contributed by atoms with Gasteiger partial charge in [-0.2, -0.15) is 0 Å². The maximum atomic E-state index is 12.3. The fourth-order valence-corrected chi connectivity index (χ4v) is 3.15. The number of hydrogen-bond donors (Lipinski definition) is 2. The van der Waals surface area contributed by atoms with Crippen molar-refractivity contribution in [3.63, 3.8) is 0 Å². The summed E-state index contributed by atoms with van der Waals surface area (Å²) in [4.78, 5) is 16.2. The molecule has 6 nitrogen and oxygen atoms in total. The predicted molar refractivity (Wildman–Crippen MR) is 96.7 cm³/mol. The highest BCUT2D eigenvalue weighted by molar-refractivity contribution is 7.89. The maximum absolute atomic E-state index is 12.3. The number of aromatic nitrogens is 1. The van der Waals surface area contributed by atoms with E-state index in [0.717, 1.165) is 12.0 Å². The van der Waals surface area contributed by atoms with Crippen LogP contribution in [0.4, 0.5) is 0 Å². The van der Waals surface area contributed by atoms with Crippen molar-refractivity contribution in [1.82, 2.24) is 15.0 Å². The van der Waals surface area contributed by atoms with Gasteiger partial charge in [-0.05, 0) is 56.2 Å². The minimum atomic E-state index is -3.66. The van der Waals surface area contributed by atoms with E-state index in [9.17, 15) is 13.2 Å². The zero-order chi connectivity index (χ0) is 18.4. The Labute approximate surface area is 148 Å². The minimum absolute atomic E-state index is 0.0178. The molecule has 0 aliphatic heterocycles. The fourth-order valence-electron chi connectivity index (χ4n) is 2.15. The van der Waals surface area contributed by atoms with E-state index < -0.39 is 10.0 Å². The van der Waals surface area contributed by atoms with Crippen LogP contribution in [-0.2, 0) is 23.0 Å². The van der Waals surface area contributed by atoms with E-state index in [1.807, 2.05) is 26.8 Å². The van der Waals surface area contributed by atoms with Gasteiger partial charge in [0, 0.05) is 17.8 Å². The van der Waals surface area contributed by atoms with Crippen LogP contribution in [0.1, 0.15) is 42.4 Å². The summed E-state index contributed by atoms with van der Waals surface area (Å²) in [6.45, 7) is 5.87. The van der Waals surface area contributed by atoms with Crippen LogP contribution >= 0.6 is 0 Å². The third kappa shape index (κ3) is 5.37. The average molecular weight is 361 g/mol. The quantitative estimate of drug-likeness (QED) is 0.792. The summed E-state index contributed by atoms with van der Waals surface area (Å²) in [7, 11) is -3.66. The van der Waals surface area contributed by atoms with Crippen LogP contribution in [0.5, 0.6) is 0 Å². The topological polar surface area (TPSA) is 88.2 Å². The molecule has 0 atom stereocenters. The van der Waals surface area contributed by atoms with E-state index in [-0.39, 0.29) is 23.4 Å². The van der Waals surface area contributed by atoms with E-state index in [1.165, 1.54) is 24.3 Å². The highest BCUT2D eigenvalue weighted by Gasteiger charge is 2.15. The number of rotatable bonds is 7. The van der Waals surface area contributed by atoms with E-state index >= 15 is 0 Å². The lowest BCUT2D eigenvalue weighted by molar-refractivity contribution is 0.0943. The van der Waals surface area contributed by atoms with Crippen LogP contribution in [0.2, 0.25) is 0 Å². The average Bonchev–Trinajstić information content (AvgIpc) is 2.60. The normalized spacial score (nSPS) is 11.5. The molecule has 25 heavy (non-hydrogen) atoms. The molecule has 2 rings (SSSR count). The van der Waals surface area contributed by atoms with Gasteiger partial charge in [0.1, 0.15) is 0 Å². The summed E-state index contributed by atoms with van der Waals surface area (Å²) >= 11 is 0. The number of nitrogens with one attached hydrogen (secondary N) is 2. The Morgan fingerprint density at radius 3 is 2.32 bits per heavy atom. The van der Waals surface area contributed by atoms with Crippen molar-refractivity contribution < 1.29 is 13.2 Å². The van der Waals surface area contributed by atoms with E-state index in [4.69, 9.17) is 0 Å². The predicted octanol–water partition coefficient (Wildman–Crippen LogP) is 2.26. The Kier molecular flexibility index (Phi) is 6.27. The molecule has 1 heterocycles. The maximum Gasteiger partial charge on any atom is 0.251 e. The number of carbonyl (C=O) groups is 1. The molecule has 7 heteroatoms. The van der Waals surface area contributed by atoms with Crippen LogP contribution in [0.25, 0.3) is 0 Å². The van der Waals surface area contributed by atoms with Gasteiger partial charge in [0.15, 0.2) is 0 Å². The van der Waals surface area contributed by atoms with Crippen molar-refractivity contribution in [2.75, 3.05) is 0 Å². The lowest BCUT2D eigenvalue weighted by atomic mass is 10.2. The van der Waals surface area contributed by atoms with Crippen molar-refractivity contribution in [1.29, 1.82) is 0 Å². The largest absolute Gasteiger partial charge is 0.350 e. The Bertz CT molecular complexity index is 814. The molecule has 0 fully saturated rings. The summed E-state index contributed by atoms with van der Waals surface area (Å²) in [6, 6.07) is 9.60. The van der Waals surface area contributed by atoms with Gasteiger partial charge < -0.3 is 5.32 Å². The van der Waals surface area contributed by atoms with Gasteiger partial charge in [0.25, 0.3) is 5.91 Å². The number of hydrogen-bond acceptors (Lipinski definition) is 4. The first-order chi connectivity index (χ1) is 11.8. The van der Waals surface area contributed by atoms with Crippen molar-refractivity contribution in [3.05, 3.63) is 59.4 Å². The molecule has 0 spiro atoms. The number of benzene rings is 1. The third-order valence-corrected chi connectivity index (χ3v) is 5.00. The minimum Gasteiger partial charge on any atom is -0.350 e. The first kappa shape index (κ1) is 19.1. The molecule has 2 N–H and O–H groups in total. The number of aryl methyl sites for hydroxylation is 1. The van der Waals surface area contributed by atoms with Crippen LogP contribution in [0.15, 0.2) is 47.5 Å². The molecule has 134 valence electrons. The third-order valence-electron chi connectivity index (χ3n) is 3.58. The molecule has 2 aromatic rings. The number of amides is 1. The van der Waals surface area contributed by atoms with Crippen LogP contribution in [-0.4, -0.2) is 25.4 Å². The summed E-state index contributed by atoms with van der Waals surface area (Å²) in [5.41, 5.74) is 2.17. The first-order valence-electron chi connectivity index (χ1n) is 8.16. The van der Waals surface area contributed by atoms with E-state index in [2.05, 4.69) is 15.0 Å². The van der Waals surface area contributed by atoms with Crippen molar-refractivity contribution >= 4 is 15.9 Å². The number of nitrogens with zero attached hydrogens (tertiary/aromatic N) is 1. The van der Waals surface area contributed by atoms with E-state index in [1.54, 1.807) is 12.3 Å². The molecule has 0 bridgehead atoms. The van der Waals surface area contributed by atoms with Crippen molar-refractivity contribution in [2.45, 2.75) is 44.7 Å². The van der Waals surface area contributed by atoms with Crippen LogP contribution < -0.4 is 10.0 Å². The molecule has 0 unspecified atom stereocenters. The van der Waals surface area contributed by atoms with Crippen molar-refractivity contribution in [3.8, 4) is 0 Å². The van der Waals surface area contributed by atoms with Gasteiger partial charge >= 0.3 is 0 Å². The highest BCUT2D eigenvalue weighted by atomic mass is 32.2. The second-order valence-electron chi connectivity index (χ2n) is 5.99. The lowest BCUT2D eigenvalue weighted by Crippen LogP contribution is -2.30. The molecule has 0 saturated heterocycles.